The Labute approximate surface area is 130 Å². The number of aliphatic hydroxyl groups excluding tert-OH is 1. The van der Waals surface area contributed by atoms with Crippen molar-refractivity contribution in [3.63, 3.8) is 0 Å². The van der Waals surface area contributed by atoms with E-state index in [1.807, 2.05) is 12.1 Å². The van der Waals surface area contributed by atoms with Gasteiger partial charge in [0, 0.05) is 31.9 Å². The summed E-state index contributed by atoms with van der Waals surface area (Å²) in [6.45, 7) is 2.04. The normalized spacial score (nSPS) is 16.7. The maximum absolute atomic E-state index is 12.4. The molecule has 2 amide bonds. The van der Waals surface area contributed by atoms with Crippen molar-refractivity contribution in [3.05, 3.63) is 30.1 Å². The number of likely N-dealkylation sites (N-methyl/N-ethyl adjacent to an activating group) is 1. The van der Waals surface area contributed by atoms with Gasteiger partial charge in [-0.15, -0.1) is 0 Å². The van der Waals surface area contributed by atoms with Crippen LogP contribution in [0, 0.1) is 5.92 Å². The van der Waals surface area contributed by atoms with Crippen LogP contribution in [0.1, 0.15) is 25.3 Å². The van der Waals surface area contributed by atoms with Crippen LogP contribution < -0.4 is 5.32 Å². The molecule has 0 aromatic carbocycles. The molecule has 22 heavy (non-hydrogen) atoms. The minimum Gasteiger partial charge on any atom is -0.391 e. The fraction of sp³-hybridized carbons (Fsp3) is 0.562. The Bertz CT molecular complexity index is 515. The number of rotatable bonds is 7. The van der Waals surface area contributed by atoms with Crippen molar-refractivity contribution in [2.24, 2.45) is 5.92 Å². The smallest absolute Gasteiger partial charge is 0.247 e. The van der Waals surface area contributed by atoms with Crippen LogP contribution in [0.5, 0.6) is 0 Å². The van der Waals surface area contributed by atoms with Gasteiger partial charge in [-0.05, 0) is 43.9 Å². The Morgan fingerprint density at radius 1 is 1.41 bits per heavy atom. The average Bonchev–Trinajstić information content (AvgIpc) is 3.35. The van der Waals surface area contributed by atoms with Crippen LogP contribution in [-0.4, -0.2) is 52.5 Å². The van der Waals surface area contributed by atoms with E-state index in [1.165, 1.54) is 6.92 Å². The van der Waals surface area contributed by atoms with Crippen LogP contribution in [0.2, 0.25) is 0 Å². The van der Waals surface area contributed by atoms with Gasteiger partial charge in [-0.1, -0.05) is 0 Å². The highest BCUT2D eigenvalue weighted by Gasteiger charge is 2.35. The molecule has 2 N–H and O–H groups in total. The van der Waals surface area contributed by atoms with Crippen LogP contribution in [-0.2, 0) is 16.0 Å². The van der Waals surface area contributed by atoms with Crippen LogP contribution in [0.25, 0.3) is 0 Å². The highest BCUT2D eigenvalue weighted by Crippen LogP contribution is 2.29. The monoisotopic (exact) mass is 305 g/mol. The van der Waals surface area contributed by atoms with Gasteiger partial charge >= 0.3 is 0 Å². The molecular formula is C16H23N3O3. The zero-order valence-electron chi connectivity index (χ0n) is 13.0. The van der Waals surface area contributed by atoms with E-state index in [-0.39, 0.29) is 17.7 Å². The first-order valence-electron chi connectivity index (χ1n) is 7.61. The molecule has 0 spiro atoms. The number of amides is 2. The van der Waals surface area contributed by atoms with Gasteiger partial charge in [0.25, 0.3) is 0 Å². The van der Waals surface area contributed by atoms with E-state index < -0.39 is 12.1 Å². The number of nitrogens with zero attached hydrogens (tertiary/aromatic N) is 2. The first-order chi connectivity index (χ1) is 10.5. The minimum atomic E-state index is -0.918. The highest BCUT2D eigenvalue weighted by molar-refractivity contribution is 5.89. The van der Waals surface area contributed by atoms with Crippen molar-refractivity contribution in [1.29, 1.82) is 0 Å². The zero-order chi connectivity index (χ0) is 16.1. The summed E-state index contributed by atoms with van der Waals surface area (Å²) in [4.78, 5) is 29.7. The molecule has 1 aliphatic rings. The van der Waals surface area contributed by atoms with Crippen LogP contribution in [0.15, 0.2) is 24.5 Å². The van der Waals surface area contributed by atoms with Crippen molar-refractivity contribution in [3.8, 4) is 0 Å². The summed E-state index contributed by atoms with van der Waals surface area (Å²) in [7, 11) is 1.68. The Balaban J connectivity index is 1.89. The molecule has 2 rings (SSSR count). The van der Waals surface area contributed by atoms with Crippen LogP contribution in [0.4, 0.5) is 0 Å². The van der Waals surface area contributed by atoms with E-state index in [2.05, 4.69) is 10.3 Å². The number of carbonyl (C=O) groups excluding carboxylic acids is 2. The number of aliphatic hydroxyl groups is 1. The Morgan fingerprint density at radius 3 is 2.59 bits per heavy atom. The van der Waals surface area contributed by atoms with Gasteiger partial charge in [0.15, 0.2) is 0 Å². The average molecular weight is 305 g/mol. The molecule has 6 nitrogen and oxygen atoms in total. The molecule has 0 aliphatic heterocycles. The Morgan fingerprint density at radius 2 is 2.05 bits per heavy atom. The summed E-state index contributed by atoms with van der Waals surface area (Å²) in [5, 5.41) is 12.5. The van der Waals surface area contributed by atoms with Crippen LogP contribution >= 0.6 is 0 Å². The van der Waals surface area contributed by atoms with Gasteiger partial charge < -0.3 is 15.3 Å². The number of nitrogens with one attached hydrogen (secondary N) is 1. The van der Waals surface area contributed by atoms with E-state index in [0.717, 1.165) is 18.4 Å². The summed E-state index contributed by atoms with van der Waals surface area (Å²) in [6, 6.07) is 2.93. The predicted octanol–water partition coefficient (Wildman–Crippen LogP) is 0.358. The van der Waals surface area contributed by atoms with Gasteiger partial charge in [0.1, 0.15) is 6.04 Å². The summed E-state index contributed by atoms with van der Waals surface area (Å²) >= 11 is 0. The largest absolute Gasteiger partial charge is 0.391 e. The molecule has 0 radical (unpaired) electrons. The fourth-order valence-electron chi connectivity index (χ4n) is 2.20. The number of hydrogen-bond donors (Lipinski definition) is 2. The predicted molar refractivity (Wildman–Crippen MR) is 81.9 cm³/mol. The van der Waals surface area contributed by atoms with E-state index >= 15 is 0 Å². The molecule has 1 aliphatic carbocycles. The highest BCUT2D eigenvalue weighted by atomic mass is 16.3. The molecule has 0 saturated heterocycles. The molecule has 1 heterocycles. The van der Waals surface area contributed by atoms with E-state index in [4.69, 9.17) is 0 Å². The van der Waals surface area contributed by atoms with Gasteiger partial charge in [-0.25, -0.2) is 0 Å². The fourth-order valence-corrected chi connectivity index (χ4v) is 2.20. The number of aromatic nitrogens is 1. The first-order valence-corrected chi connectivity index (χ1v) is 7.61. The van der Waals surface area contributed by atoms with E-state index in [1.54, 1.807) is 24.3 Å². The number of hydrogen-bond acceptors (Lipinski definition) is 4. The number of pyridine rings is 1. The second-order valence-electron chi connectivity index (χ2n) is 5.87. The lowest BCUT2D eigenvalue weighted by molar-refractivity contribution is -0.138. The minimum absolute atomic E-state index is 0.0103. The molecule has 6 heteroatoms. The van der Waals surface area contributed by atoms with Gasteiger partial charge in [-0.3, -0.25) is 14.6 Å². The third kappa shape index (κ3) is 4.53. The second-order valence-corrected chi connectivity index (χ2v) is 5.87. The molecule has 1 saturated carbocycles. The lowest BCUT2D eigenvalue weighted by Gasteiger charge is -2.26. The lowest BCUT2D eigenvalue weighted by atomic mass is 10.1. The molecule has 2 atom stereocenters. The van der Waals surface area contributed by atoms with Crippen molar-refractivity contribution < 1.29 is 14.7 Å². The molecule has 0 bridgehead atoms. The molecule has 1 aromatic rings. The maximum atomic E-state index is 12.4. The van der Waals surface area contributed by atoms with Gasteiger partial charge in [-0.2, -0.15) is 0 Å². The quantitative estimate of drug-likeness (QED) is 0.762. The third-order valence-corrected chi connectivity index (χ3v) is 3.86. The SMILES string of the molecule is CC(O)C(NC(=O)C1CC1)C(=O)N(C)CCc1ccncc1. The Kier molecular flexibility index (Phi) is 5.49. The van der Waals surface area contributed by atoms with Crippen molar-refractivity contribution in [1.82, 2.24) is 15.2 Å². The summed E-state index contributed by atoms with van der Waals surface area (Å²) in [5.74, 6) is -0.393. The molecule has 120 valence electrons. The first kappa shape index (κ1) is 16.4. The Hall–Kier alpha value is -1.95. The zero-order valence-corrected chi connectivity index (χ0v) is 13.0. The third-order valence-electron chi connectivity index (χ3n) is 3.86. The molecule has 1 aromatic heterocycles. The van der Waals surface area contributed by atoms with Gasteiger partial charge in [0.05, 0.1) is 6.10 Å². The summed E-state index contributed by atoms with van der Waals surface area (Å²) < 4.78 is 0. The van der Waals surface area contributed by atoms with Crippen molar-refractivity contribution in [2.75, 3.05) is 13.6 Å². The van der Waals surface area contributed by atoms with Crippen molar-refractivity contribution >= 4 is 11.8 Å². The van der Waals surface area contributed by atoms with E-state index in [0.29, 0.717) is 13.0 Å². The summed E-state index contributed by atoms with van der Waals surface area (Å²) in [5.41, 5.74) is 1.09. The number of carbonyl (C=O) groups is 2. The topological polar surface area (TPSA) is 82.5 Å². The van der Waals surface area contributed by atoms with Crippen LogP contribution in [0.3, 0.4) is 0 Å². The molecular weight excluding hydrogens is 282 g/mol. The van der Waals surface area contributed by atoms with E-state index in [9.17, 15) is 14.7 Å². The maximum Gasteiger partial charge on any atom is 0.247 e. The van der Waals surface area contributed by atoms with Crippen molar-refractivity contribution in [2.45, 2.75) is 38.3 Å². The summed E-state index contributed by atoms with van der Waals surface area (Å²) in [6.07, 6.45) is 4.94. The standard InChI is InChI=1S/C16H23N3O3/c1-11(20)14(18-15(21)13-3-4-13)16(22)19(2)10-7-12-5-8-17-9-6-12/h5-6,8-9,11,13-14,20H,3-4,7,10H2,1-2H3,(H,18,21). The molecule has 2 unspecified atom stereocenters. The molecule has 1 fully saturated rings. The lowest BCUT2D eigenvalue weighted by Crippen LogP contribution is -2.53. The second kappa shape index (κ2) is 7.35. The van der Waals surface area contributed by atoms with Gasteiger partial charge in [0.2, 0.25) is 11.8 Å².